The molecule has 0 aromatic heterocycles. The van der Waals surface area contributed by atoms with Gasteiger partial charge in [0, 0.05) is 16.8 Å². The molecular formula is C16H17ClFNO. The first-order valence-electron chi connectivity index (χ1n) is 6.42. The fourth-order valence-electron chi connectivity index (χ4n) is 2.09. The van der Waals surface area contributed by atoms with E-state index in [-0.39, 0.29) is 11.9 Å². The summed E-state index contributed by atoms with van der Waals surface area (Å²) in [6, 6.07) is 12.5. The Hall–Kier alpha value is -1.74. The SMILES string of the molecule is COc1ccc(CC(C)Nc2cc(F)cc(Cl)c2)cc1. The van der Waals surface area contributed by atoms with Gasteiger partial charge >= 0.3 is 0 Å². The minimum atomic E-state index is -0.336. The van der Waals surface area contributed by atoms with Crippen LogP contribution in [-0.2, 0) is 6.42 Å². The van der Waals surface area contributed by atoms with E-state index in [0.717, 1.165) is 12.2 Å². The van der Waals surface area contributed by atoms with Crippen molar-refractivity contribution in [2.75, 3.05) is 12.4 Å². The fraction of sp³-hybridized carbons (Fsp3) is 0.250. The van der Waals surface area contributed by atoms with Crippen LogP contribution in [0.15, 0.2) is 42.5 Å². The molecule has 2 rings (SSSR count). The summed E-state index contributed by atoms with van der Waals surface area (Å²) in [6.07, 6.45) is 0.831. The van der Waals surface area contributed by atoms with Gasteiger partial charge in [-0.25, -0.2) is 4.39 Å². The summed E-state index contributed by atoms with van der Waals surface area (Å²) in [7, 11) is 1.65. The van der Waals surface area contributed by atoms with E-state index in [1.807, 2.05) is 31.2 Å². The molecule has 0 bridgehead atoms. The van der Waals surface area contributed by atoms with E-state index in [1.54, 1.807) is 13.2 Å². The molecule has 0 saturated carbocycles. The van der Waals surface area contributed by atoms with Crippen LogP contribution < -0.4 is 10.1 Å². The zero-order valence-electron chi connectivity index (χ0n) is 11.5. The van der Waals surface area contributed by atoms with Crippen LogP contribution >= 0.6 is 11.6 Å². The molecule has 0 heterocycles. The number of anilines is 1. The molecule has 1 atom stereocenters. The van der Waals surface area contributed by atoms with Crippen LogP contribution in [0.5, 0.6) is 5.75 Å². The lowest BCUT2D eigenvalue weighted by atomic mass is 10.1. The molecule has 20 heavy (non-hydrogen) atoms. The quantitative estimate of drug-likeness (QED) is 0.874. The van der Waals surface area contributed by atoms with E-state index in [4.69, 9.17) is 16.3 Å². The van der Waals surface area contributed by atoms with Gasteiger partial charge in [0.25, 0.3) is 0 Å². The van der Waals surface area contributed by atoms with Gasteiger partial charge in [0.05, 0.1) is 7.11 Å². The maximum absolute atomic E-state index is 13.3. The average molecular weight is 294 g/mol. The minimum absolute atomic E-state index is 0.168. The van der Waals surface area contributed by atoms with Gasteiger partial charge in [-0.3, -0.25) is 0 Å². The first-order chi connectivity index (χ1) is 9.56. The maximum Gasteiger partial charge on any atom is 0.126 e. The zero-order valence-corrected chi connectivity index (χ0v) is 12.2. The van der Waals surface area contributed by atoms with Crippen molar-refractivity contribution in [1.82, 2.24) is 0 Å². The van der Waals surface area contributed by atoms with Gasteiger partial charge in [0.1, 0.15) is 11.6 Å². The summed E-state index contributed by atoms with van der Waals surface area (Å²) < 4.78 is 18.4. The summed E-state index contributed by atoms with van der Waals surface area (Å²) in [5.41, 5.74) is 1.88. The highest BCUT2D eigenvalue weighted by Crippen LogP contribution is 2.20. The van der Waals surface area contributed by atoms with Crippen LogP contribution in [-0.4, -0.2) is 13.2 Å². The lowest BCUT2D eigenvalue weighted by Crippen LogP contribution is -2.18. The molecule has 1 N–H and O–H groups in total. The van der Waals surface area contributed by atoms with Crippen LogP contribution in [0, 0.1) is 5.82 Å². The normalized spacial score (nSPS) is 12.0. The number of hydrogen-bond donors (Lipinski definition) is 1. The summed E-state index contributed by atoms with van der Waals surface area (Å²) in [4.78, 5) is 0. The van der Waals surface area contributed by atoms with Crippen molar-refractivity contribution in [2.45, 2.75) is 19.4 Å². The number of rotatable bonds is 5. The largest absolute Gasteiger partial charge is 0.497 e. The third-order valence-corrected chi connectivity index (χ3v) is 3.19. The molecule has 2 aromatic carbocycles. The Morgan fingerprint density at radius 3 is 2.50 bits per heavy atom. The van der Waals surface area contributed by atoms with Crippen molar-refractivity contribution in [3.63, 3.8) is 0 Å². The highest BCUT2D eigenvalue weighted by molar-refractivity contribution is 6.30. The summed E-state index contributed by atoms with van der Waals surface area (Å²) in [5, 5.41) is 3.64. The van der Waals surface area contributed by atoms with Gasteiger partial charge in [-0.05, 0) is 49.2 Å². The summed E-state index contributed by atoms with van der Waals surface area (Å²) in [6.45, 7) is 2.04. The Kier molecular flexibility index (Phi) is 4.85. The molecule has 106 valence electrons. The van der Waals surface area contributed by atoms with Crippen molar-refractivity contribution in [3.05, 3.63) is 58.9 Å². The molecule has 0 aliphatic rings. The van der Waals surface area contributed by atoms with E-state index in [1.165, 1.54) is 17.7 Å². The molecule has 0 saturated heterocycles. The van der Waals surface area contributed by atoms with Gasteiger partial charge < -0.3 is 10.1 Å². The molecule has 2 nitrogen and oxygen atoms in total. The van der Waals surface area contributed by atoms with Crippen LogP contribution in [0.1, 0.15) is 12.5 Å². The van der Waals surface area contributed by atoms with Crippen LogP contribution in [0.3, 0.4) is 0 Å². The number of methoxy groups -OCH3 is 1. The van der Waals surface area contributed by atoms with Crippen molar-refractivity contribution >= 4 is 17.3 Å². The third-order valence-electron chi connectivity index (χ3n) is 2.98. The zero-order chi connectivity index (χ0) is 14.5. The van der Waals surface area contributed by atoms with Crippen molar-refractivity contribution in [2.24, 2.45) is 0 Å². The monoisotopic (exact) mass is 293 g/mol. The second kappa shape index (κ2) is 6.62. The Bertz CT molecular complexity index is 551. The molecular weight excluding hydrogens is 277 g/mol. The van der Waals surface area contributed by atoms with Crippen molar-refractivity contribution in [1.29, 1.82) is 0 Å². The van der Waals surface area contributed by atoms with Gasteiger partial charge in [-0.2, -0.15) is 0 Å². The van der Waals surface area contributed by atoms with Crippen LogP contribution in [0.25, 0.3) is 0 Å². The van der Waals surface area contributed by atoms with Gasteiger partial charge in [-0.1, -0.05) is 23.7 Å². The molecule has 0 fully saturated rings. The predicted octanol–water partition coefficient (Wildman–Crippen LogP) is 4.53. The topological polar surface area (TPSA) is 21.3 Å². The Morgan fingerprint density at radius 1 is 1.20 bits per heavy atom. The molecule has 0 amide bonds. The molecule has 0 radical (unpaired) electrons. The first-order valence-corrected chi connectivity index (χ1v) is 6.80. The highest BCUT2D eigenvalue weighted by atomic mass is 35.5. The molecule has 1 unspecified atom stereocenters. The Labute approximate surface area is 123 Å². The molecule has 0 spiro atoms. The second-order valence-corrected chi connectivity index (χ2v) is 5.19. The number of nitrogens with one attached hydrogen (secondary N) is 1. The number of ether oxygens (including phenoxy) is 1. The second-order valence-electron chi connectivity index (χ2n) is 4.76. The Balaban J connectivity index is 1.98. The summed E-state index contributed by atoms with van der Waals surface area (Å²) >= 11 is 5.83. The Morgan fingerprint density at radius 2 is 1.90 bits per heavy atom. The van der Waals surface area contributed by atoms with E-state index >= 15 is 0 Å². The fourth-order valence-corrected chi connectivity index (χ4v) is 2.31. The molecule has 0 aliphatic heterocycles. The highest BCUT2D eigenvalue weighted by Gasteiger charge is 2.06. The lowest BCUT2D eigenvalue weighted by Gasteiger charge is -2.16. The van der Waals surface area contributed by atoms with Gasteiger partial charge in [0.2, 0.25) is 0 Å². The van der Waals surface area contributed by atoms with Crippen LogP contribution in [0.2, 0.25) is 5.02 Å². The number of halogens is 2. The molecule has 0 aliphatic carbocycles. The van der Waals surface area contributed by atoms with E-state index in [2.05, 4.69) is 5.32 Å². The summed E-state index contributed by atoms with van der Waals surface area (Å²) in [5.74, 6) is 0.503. The van der Waals surface area contributed by atoms with E-state index in [9.17, 15) is 4.39 Å². The van der Waals surface area contributed by atoms with Gasteiger partial charge in [-0.15, -0.1) is 0 Å². The standard InChI is InChI=1S/C16H17ClFNO/c1-11(7-12-3-5-16(20-2)6-4-12)19-15-9-13(17)8-14(18)10-15/h3-6,8-11,19H,7H2,1-2H3. The van der Waals surface area contributed by atoms with Gasteiger partial charge in [0.15, 0.2) is 0 Å². The van der Waals surface area contributed by atoms with Crippen molar-refractivity contribution in [3.8, 4) is 5.75 Å². The molecule has 2 aromatic rings. The smallest absolute Gasteiger partial charge is 0.126 e. The first kappa shape index (κ1) is 14.7. The maximum atomic E-state index is 13.3. The number of hydrogen-bond acceptors (Lipinski definition) is 2. The minimum Gasteiger partial charge on any atom is -0.497 e. The molecule has 4 heteroatoms. The average Bonchev–Trinajstić information content (AvgIpc) is 2.38. The third kappa shape index (κ3) is 4.14. The van der Waals surface area contributed by atoms with Crippen LogP contribution in [0.4, 0.5) is 10.1 Å². The van der Waals surface area contributed by atoms with E-state index in [0.29, 0.717) is 10.7 Å². The number of benzene rings is 2. The van der Waals surface area contributed by atoms with Crippen molar-refractivity contribution < 1.29 is 9.13 Å². The lowest BCUT2D eigenvalue weighted by molar-refractivity contribution is 0.414. The predicted molar refractivity (Wildman–Crippen MR) is 81.2 cm³/mol. The van der Waals surface area contributed by atoms with E-state index < -0.39 is 0 Å².